The maximum Gasteiger partial charge on any atom is 0.160 e. The Morgan fingerprint density at radius 2 is 0.867 bits per heavy atom. The molecular weight excluding hydrogens is 735 g/mol. The van der Waals surface area contributed by atoms with Crippen LogP contribution in [0.2, 0.25) is 0 Å². The molecule has 0 bridgehead atoms. The minimum Gasteiger partial charge on any atom is -0.456 e. The molecule has 0 amide bonds. The second-order valence-electron chi connectivity index (χ2n) is 15.1. The topological polar surface area (TPSA) is 65.0 Å². The van der Waals surface area contributed by atoms with Crippen molar-refractivity contribution >= 4 is 54.8 Å². The van der Waals surface area contributed by atoms with Crippen LogP contribution in [0.1, 0.15) is 0 Å². The Morgan fingerprint density at radius 3 is 1.55 bits per heavy atom. The quantitative estimate of drug-likeness (QED) is 0.169. The number of pyridine rings is 1. The van der Waals surface area contributed by atoms with E-state index in [1.165, 1.54) is 0 Å². The molecule has 4 aromatic heterocycles. The average Bonchev–Trinajstić information content (AvgIpc) is 3.91. The van der Waals surface area contributed by atoms with Crippen LogP contribution in [0.5, 0.6) is 0 Å². The summed E-state index contributed by atoms with van der Waals surface area (Å²) in [5, 5.41) is 5.24. The lowest BCUT2D eigenvalue weighted by Gasteiger charge is -2.14. The van der Waals surface area contributed by atoms with Gasteiger partial charge in [0.15, 0.2) is 5.82 Å². The van der Waals surface area contributed by atoms with Crippen LogP contribution in [0.3, 0.4) is 0 Å². The highest BCUT2D eigenvalue weighted by Crippen LogP contribution is 2.45. The van der Waals surface area contributed by atoms with Crippen LogP contribution in [0.25, 0.3) is 122 Å². The summed E-state index contributed by atoms with van der Waals surface area (Å²) in [6.07, 6.45) is 0. The van der Waals surface area contributed by atoms with Gasteiger partial charge >= 0.3 is 0 Å². The van der Waals surface area contributed by atoms with E-state index in [1.807, 2.05) is 72.8 Å². The number of rotatable bonds is 6. The molecular formula is C55H33N3O2. The van der Waals surface area contributed by atoms with E-state index in [9.17, 15) is 0 Å². The molecule has 0 spiro atoms. The van der Waals surface area contributed by atoms with Crippen molar-refractivity contribution in [1.29, 1.82) is 0 Å². The molecule has 0 aliphatic rings. The van der Waals surface area contributed by atoms with E-state index in [4.69, 9.17) is 23.8 Å². The van der Waals surface area contributed by atoms with Crippen molar-refractivity contribution in [2.45, 2.75) is 0 Å². The summed E-state index contributed by atoms with van der Waals surface area (Å²) in [6, 6.07) is 69.0. The molecule has 0 radical (unpaired) electrons. The molecule has 5 nitrogen and oxygen atoms in total. The Morgan fingerprint density at radius 1 is 0.333 bits per heavy atom. The molecule has 280 valence electrons. The number of furan rings is 2. The van der Waals surface area contributed by atoms with Gasteiger partial charge in [-0.25, -0.2) is 15.0 Å². The number of aromatic nitrogens is 3. The van der Waals surface area contributed by atoms with Gasteiger partial charge in [-0.3, -0.25) is 0 Å². The molecule has 0 fully saturated rings. The highest BCUT2D eigenvalue weighted by Gasteiger charge is 2.21. The number of benzene rings is 8. The number of hydrogen-bond donors (Lipinski definition) is 0. The van der Waals surface area contributed by atoms with Gasteiger partial charge in [-0.2, -0.15) is 0 Å². The van der Waals surface area contributed by atoms with Crippen LogP contribution >= 0.6 is 0 Å². The van der Waals surface area contributed by atoms with Crippen molar-refractivity contribution < 1.29 is 8.83 Å². The molecule has 0 aliphatic carbocycles. The number of para-hydroxylation sites is 3. The van der Waals surface area contributed by atoms with Gasteiger partial charge in [-0.15, -0.1) is 0 Å². The maximum absolute atomic E-state index is 6.50. The zero-order chi connectivity index (χ0) is 39.6. The lowest BCUT2D eigenvalue weighted by atomic mass is 9.89. The van der Waals surface area contributed by atoms with Crippen molar-refractivity contribution in [3.8, 4) is 67.4 Å². The number of fused-ring (bicyclic) bond motifs is 8. The molecule has 0 saturated carbocycles. The van der Waals surface area contributed by atoms with Crippen LogP contribution in [0.4, 0.5) is 0 Å². The third kappa shape index (κ3) is 5.59. The fourth-order valence-electron chi connectivity index (χ4n) is 8.66. The summed E-state index contributed by atoms with van der Waals surface area (Å²) in [6.45, 7) is 0. The van der Waals surface area contributed by atoms with Crippen LogP contribution in [0, 0.1) is 0 Å². The SMILES string of the molecule is c1ccc(-c2cc(-c3ccccc3)nc(-c3ccc(-c4ccc5oc6ccccc6c5c4-c4ccc(-c5nc6ccccc6c6oc7ccccc7c56)cc4)cc3)n2)cc1. The van der Waals surface area contributed by atoms with Gasteiger partial charge < -0.3 is 8.83 Å². The molecule has 0 unspecified atom stereocenters. The second kappa shape index (κ2) is 13.8. The lowest BCUT2D eigenvalue weighted by Crippen LogP contribution is -1.96. The third-order valence-corrected chi connectivity index (χ3v) is 11.5. The predicted molar refractivity (Wildman–Crippen MR) is 245 cm³/mol. The first kappa shape index (κ1) is 33.9. The molecule has 4 heterocycles. The van der Waals surface area contributed by atoms with Gasteiger partial charge in [0.05, 0.1) is 28.0 Å². The summed E-state index contributed by atoms with van der Waals surface area (Å²) in [5.41, 5.74) is 15.4. The third-order valence-electron chi connectivity index (χ3n) is 11.5. The smallest absolute Gasteiger partial charge is 0.160 e. The Labute approximate surface area is 344 Å². The van der Waals surface area contributed by atoms with Crippen LogP contribution in [-0.2, 0) is 0 Å². The standard InChI is InChI=1S/C55H33N3O2/c1-3-13-35(14-4-1)45-33-46(36-15-5-2-6-16-36)58-55(57-45)39-29-23-34(24-30-39)40-31-32-49-51(42-18-8-11-21-47(42)59-49)50(40)37-25-27-38(28-26-37)53-52-43-19-9-12-22-48(43)60-54(52)41-17-7-10-20-44(41)56-53/h1-33H. The molecule has 5 heteroatoms. The largest absolute Gasteiger partial charge is 0.456 e. The van der Waals surface area contributed by atoms with E-state index in [0.29, 0.717) is 5.82 Å². The Bertz CT molecular complexity index is 3510. The predicted octanol–water partition coefficient (Wildman–Crippen LogP) is 14.8. The Hall–Kier alpha value is -8.15. The fourth-order valence-corrected chi connectivity index (χ4v) is 8.66. The van der Waals surface area contributed by atoms with Gasteiger partial charge in [-0.05, 0) is 53.1 Å². The summed E-state index contributed by atoms with van der Waals surface area (Å²) < 4.78 is 13.0. The lowest BCUT2D eigenvalue weighted by molar-refractivity contribution is 0.669. The van der Waals surface area contributed by atoms with Crippen LogP contribution in [-0.4, -0.2) is 15.0 Å². The van der Waals surface area contributed by atoms with Crippen molar-refractivity contribution in [2.75, 3.05) is 0 Å². The first-order valence-electron chi connectivity index (χ1n) is 20.1. The average molecular weight is 768 g/mol. The Kier molecular flexibility index (Phi) is 7.78. The first-order valence-corrected chi connectivity index (χ1v) is 20.1. The highest BCUT2D eigenvalue weighted by atomic mass is 16.3. The molecule has 12 aromatic rings. The summed E-state index contributed by atoms with van der Waals surface area (Å²) in [4.78, 5) is 15.4. The van der Waals surface area contributed by atoms with Gasteiger partial charge in [0, 0.05) is 49.4 Å². The summed E-state index contributed by atoms with van der Waals surface area (Å²) in [7, 11) is 0. The van der Waals surface area contributed by atoms with Gasteiger partial charge in [0.25, 0.3) is 0 Å². The van der Waals surface area contributed by atoms with Gasteiger partial charge in [0.1, 0.15) is 22.3 Å². The normalized spacial score (nSPS) is 11.7. The van der Waals surface area contributed by atoms with E-state index < -0.39 is 0 Å². The van der Waals surface area contributed by atoms with Gasteiger partial charge in [0.2, 0.25) is 0 Å². The molecule has 12 rings (SSSR count). The molecule has 60 heavy (non-hydrogen) atoms. The van der Waals surface area contributed by atoms with E-state index in [-0.39, 0.29) is 0 Å². The minimum atomic E-state index is 0.677. The van der Waals surface area contributed by atoms with Crippen LogP contribution < -0.4 is 0 Å². The number of hydrogen-bond acceptors (Lipinski definition) is 5. The first-order chi connectivity index (χ1) is 29.7. The van der Waals surface area contributed by atoms with E-state index in [2.05, 4.69) is 127 Å². The fraction of sp³-hybridized carbons (Fsp3) is 0. The number of nitrogens with zero attached hydrogens (tertiary/aromatic N) is 3. The summed E-state index contributed by atoms with van der Waals surface area (Å²) >= 11 is 0. The molecule has 0 saturated heterocycles. The van der Waals surface area contributed by atoms with Crippen molar-refractivity contribution in [2.24, 2.45) is 0 Å². The molecule has 8 aromatic carbocycles. The molecule has 0 N–H and O–H groups in total. The maximum atomic E-state index is 6.50. The Balaban J connectivity index is 1.00. The van der Waals surface area contributed by atoms with E-state index in [1.54, 1.807) is 0 Å². The van der Waals surface area contributed by atoms with Crippen LogP contribution in [0.15, 0.2) is 209 Å². The zero-order valence-corrected chi connectivity index (χ0v) is 32.2. The zero-order valence-electron chi connectivity index (χ0n) is 32.2. The van der Waals surface area contributed by atoms with Crippen molar-refractivity contribution in [3.05, 3.63) is 200 Å². The monoisotopic (exact) mass is 767 g/mol. The molecule has 0 aliphatic heterocycles. The highest BCUT2D eigenvalue weighted by molar-refractivity contribution is 6.19. The van der Waals surface area contributed by atoms with E-state index in [0.717, 1.165) is 116 Å². The summed E-state index contributed by atoms with van der Waals surface area (Å²) in [5.74, 6) is 0.677. The van der Waals surface area contributed by atoms with E-state index >= 15 is 0 Å². The van der Waals surface area contributed by atoms with Crippen molar-refractivity contribution in [1.82, 2.24) is 15.0 Å². The molecule has 0 atom stereocenters. The van der Waals surface area contributed by atoms with Gasteiger partial charge in [-0.1, -0.05) is 164 Å². The second-order valence-corrected chi connectivity index (χ2v) is 15.1. The van der Waals surface area contributed by atoms with Crippen molar-refractivity contribution in [3.63, 3.8) is 0 Å². The minimum absolute atomic E-state index is 0.677.